The Labute approximate surface area is 132 Å². The molecule has 0 amide bonds. The first-order chi connectivity index (χ1) is 10.7. The molecule has 0 spiro atoms. The number of anilines is 1. The third-order valence-electron chi connectivity index (χ3n) is 3.62. The monoisotopic (exact) mass is 320 g/mol. The van der Waals surface area contributed by atoms with Crippen molar-refractivity contribution in [3.8, 4) is 5.88 Å². The molecule has 0 N–H and O–H groups in total. The molecule has 8 heteroatoms. The van der Waals surface area contributed by atoms with Gasteiger partial charge in [0, 0.05) is 25.2 Å². The lowest BCUT2D eigenvalue weighted by atomic mass is 10.1. The van der Waals surface area contributed by atoms with E-state index in [9.17, 15) is 10.1 Å². The standard InChI is InChI=1S/C14H16N4O3S/c19-18(20)12-6-4-11(5-7-12)10-21-14-13(15-22-16-14)17-8-2-1-3-9-17/h4-7H,1-3,8-10H2. The van der Waals surface area contributed by atoms with Gasteiger partial charge in [-0.1, -0.05) is 0 Å². The van der Waals surface area contributed by atoms with Crippen molar-refractivity contribution in [3.05, 3.63) is 39.9 Å². The molecule has 1 saturated heterocycles. The van der Waals surface area contributed by atoms with Crippen molar-refractivity contribution in [3.63, 3.8) is 0 Å². The van der Waals surface area contributed by atoms with Crippen molar-refractivity contribution in [2.45, 2.75) is 25.9 Å². The maximum absolute atomic E-state index is 10.6. The Morgan fingerprint density at radius 1 is 1.18 bits per heavy atom. The third-order valence-corrected chi connectivity index (χ3v) is 4.12. The van der Waals surface area contributed by atoms with Gasteiger partial charge in [0.1, 0.15) is 6.61 Å². The molecule has 1 aromatic carbocycles. The zero-order chi connectivity index (χ0) is 15.4. The molecule has 0 unspecified atom stereocenters. The van der Waals surface area contributed by atoms with Crippen LogP contribution in [-0.4, -0.2) is 26.8 Å². The van der Waals surface area contributed by atoms with Crippen LogP contribution in [0.25, 0.3) is 0 Å². The van der Waals surface area contributed by atoms with Crippen molar-refractivity contribution in [2.24, 2.45) is 0 Å². The summed E-state index contributed by atoms with van der Waals surface area (Å²) in [7, 11) is 0. The van der Waals surface area contributed by atoms with Crippen LogP contribution in [0.4, 0.5) is 11.5 Å². The minimum atomic E-state index is -0.413. The lowest BCUT2D eigenvalue weighted by Gasteiger charge is -2.26. The SMILES string of the molecule is O=[N+]([O-])c1ccc(COc2nsnc2N2CCCCC2)cc1. The fraction of sp³-hybridized carbons (Fsp3) is 0.429. The summed E-state index contributed by atoms with van der Waals surface area (Å²) in [6.45, 7) is 2.29. The number of nitrogens with zero attached hydrogens (tertiary/aromatic N) is 4. The maximum atomic E-state index is 10.6. The molecule has 116 valence electrons. The van der Waals surface area contributed by atoms with E-state index in [-0.39, 0.29) is 5.69 Å². The van der Waals surface area contributed by atoms with E-state index in [0.717, 1.165) is 36.2 Å². The average molecular weight is 320 g/mol. The largest absolute Gasteiger partial charge is 0.470 e. The van der Waals surface area contributed by atoms with Crippen molar-refractivity contribution in [2.75, 3.05) is 18.0 Å². The number of hydrogen-bond acceptors (Lipinski definition) is 7. The summed E-state index contributed by atoms with van der Waals surface area (Å²) < 4.78 is 14.3. The highest BCUT2D eigenvalue weighted by Crippen LogP contribution is 2.28. The Hall–Kier alpha value is -2.22. The van der Waals surface area contributed by atoms with Gasteiger partial charge in [-0.2, -0.15) is 4.37 Å². The smallest absolute Gasteiger partial charge is 0.271 e. The van der Waals surface area contributed by atoms with Gasteiger partial charge in [-0.3, -0.25) is 10.1 Å². The molecule has 1 aliphatic rings. The van der Waals surface area contributed by atoms with Crippen LogP contribution < -0.4 is 9.64 Å². The number of aromatic nitrogens is 2. The predicted molar refractivity (Wildman–Crippen MR) is 83.4 cm³/mol. The first-order valence-corrected chi connectivity index (χ1v) is 7.91. The number of nitro benzene ring substituents is 1. The Morgan fingerprint density at radius 2 is 1.91 bits per heavy atom. The lowest BCUT2D eigenvalue weighted by molar-refractivity contribution is -0.384. The van der Waals surface area contributed by atoms with Gasteiger partial charge in [-0.05, 0) is 37.0 Å². The van der Waals surface area contributed by atoms with E-state index in [4.69, 9.17) is 4.74 Å². The summed E-state index contributed by atoms with van der Waals surface area (Å²) in [5.74, 6) is 1.36. The minimum absolute atomic E-state index is 0.0769. The summed E-state index contributed by atoms with van der Waals surface area (Å²) in [5, 5.41) is 10.6. The molecule has 0 aliphatic carbocycles. The normalized spacial score (nSPS) is 14.8. The quantitative estimate of drug-likeness (QED) is 0.622. The van der Waals surface area contributed by atoms with Crippen molar-refractivity contribution < 1.29 is 9.66 Å². The Balaban J connectivity index is 1.64. The molecule has 22 heavy (non-hydrogen) atoms. The second-order valence-corrected chi connectivity index (χ2v) is 5.68. The second-order valence-electron chi connectivity index (χ2n) is 5.15. The number of benzene rings is 1. The first kappa shape index (κ1) is 14.7. The van der Waals surface area contributed by atoms with Gasteiger partial charge in [-0.25, -0.2) is 0 Å². The summed E-state index contributed by atoms with van der Waals surface area (Å²) in [5.41, 5.74) is 0.941. The highest BCUT2D eigenvalue weighted by molar-refractivity contribution is 6.99. The summed E-state index contributed by atoms with van der Waals surface area (Å²) >= 11 is 1.15. The second kappa shape index (κ2) is 6.69. The number of nitro groups is 1. The lowest BCUT2D eigenvalue weighted by Crippen LogP contribution is -2.30. The highest BCUT2D eigenvalue weighted by Gasteiger charge is 2.19. The average Bonchev–Trinajstić information content (AvgIpc) is 3.02. The molecule has 0 atom stereocenters. The van der Waals surface area contributed by atoms with E-state index >= 15 is 0 Å². The molecule has 1 fully saturated rings. The molecule has 2 aromatic rings. The molecular formula is C14H16N4O3S. The van der Waals surface area contributed by atoms with Crippen LogP contribution in [0, 0.1) is 10.1 Å². The fourth-order valence-corrected chi connectivity index (χ4v) is 2.95. The summed E-state index contributed by atoms with van der Waals surface area (Å²) in [6.07, 6.45) is 3.59. The Bertz CT molecular complexity index is 638. The van der Waals surface area contributed by atoms with Gasteiger partial charge < -0.3 is 9.64 Å². The molecule has 0 radical (unpaired) electrons. The van der Waals surface area contributed by atoms with Crippen molar-refractivity contribution in [1.82, 2.24) is 8.75 Å². The van der Waals surface area contributed by atoms with Gasteiger partial charge in [0.2, 0.25) is 5.82 Å². The van der Waals surface area contributed by atoms with E-state index in [1.165, 1.54) is 31.4 Å². The van der Waals surface area contributed by atoms with Crippen LogP contribution >= 0.6 is 11.7 Å². The molecule has 0 bridgehead atoms. The zero-order valence-electron chi connectivity index (χ0n) is 12.0. The van der Waals surface area contributed by atoms with Crippen LogP contribution in [0.1, 0.15) is 24.8 Å². The van der Waals surface area contributed by atoms with Crippen molar-refractivity contribution >= 4 is 23.2 Å². The van der Waals surface area contributed by atoms with Gasteiger partial charge in [0.15, 0.2) is 0 Å². The van der Waals surface area contributed by atoms with Gasteiger partial charge >= 0.3 is 0 Å². The maximum Gasteiger partial charge on any atom is 0.271 e. The van der Waals surface area contributed by atoms with Crippen LogP contribution in [-0.2, 0) is 6.61 Å². The zero-order valence-corrected chi connectivity index (χ0v) is 12.8. The highest BCUT2D eigenvalue weighted by atomic mass is 32.1. The van der Waals surface area contributed by atoms with Gasteiger partial charge in [0.25, 0.3) is 11.6 Å². The van der Waals surface area contributed by atoms with Crippen LogP contribution in [0.15, 0.2) is 24.3 Å². The molecule has 1 aliphatic heterocycles. The van der Waals surface area contributed by atoms with Gasteiger partial charge in [-0.15, -0.1) is 4.37 Å². The molecule has 2 heterocycles. The summed E-state index contributed by atoms with van der Waals surface area (Å²) in [4.78, 5) is 12.4. The molecule has 3 rings (SSSR count). The number of piperidine rings is 1. The van der Waals surface area contributed by atoms with Crippen LogP contribution in [0.5, 0.6) is 5.88 Å². The molecule has 0 saturated carbocycles. The topological polar surface area (TPSA) is 81.4 Å². The van der Waals surface area contributed by atoms with E-state index in [1.54, 1.807) is 12.1 Å². The molecule has 7 nitrogen and oxygen atoms in total. The number of rotatable bonds is 5. The Kier molecular flexibility index (Phi) is 4.47. The first-order valence-electron chi connectivity index (χ1n) is 7.17. The number of non-ortho nitro benzene ring substituents is 1. The van der Waals surface area contributed by atoms with E-state index < -0.39 is 4.92 Å². The number of ether oxygens (including phenoxy) is 1. The van der Waals surface area contributed by atoms with Gasteiger partial charge in [0.05, 0.1) is 16.7 Å². The Morgan fingerprint density at radius 3 is 2.59 bits per heavy atom. The summed E-state index contributed by atoms with van der Waals surface area (Å²) in [6, 6.07) is 6.34. The third kappa shape index (κ3) is 3.33. The number of hydrogen-bond donors (Lipinski definition) is 0. The predicted octanol–water partition coefficient (Wildman–Crippen LogP) is 3.02. The van der Waals surface area contributed by atoms with E-state index in [0.29, 0.717) is 12.5 Å². The van der Waals surface area contributed by atoms with E-state index in [1.807, 2.05) is 0 Å². The van der Waals surface area contributed by atoms with Crippen LogP contribution in [0.2, 0.25) is 0 Å². The minimum Gasteiger partial charge on any atom is -0.470 e. The van der Waals surface area contributed by atoms with E-state index in [2.05, 4.69) is 13.6 Å². The van der Waals surface area contributed by atoms with Crippen molar-refractivity contribution in [1.29, 1.82) is 0 Å². The van der Waals surface area contributed by atoms with Crippen LogP contribution in [0.3, 0.4) is 0 Å². The molecular weight excluding hydrogens is 304 g/mol. The molecule has 1 aromatic heterocycles. The fourth-order valence-electron chi connectivity index (χ4n) is 2.43.